The number of likely N-dealkylation sites (tertiary alicyclic amines) is 1. The molecule has 0 radical (unpaired) electrons. The Bertz CT molecular complexity index is 907. The maximum absolute atomic E-state index is 12.7. The van der Waals surface area contributed by atoms with Crippen LogP contribution in [0.4, 0.5) is 0 Å². The van der Waals surface area contributed by atoms with Crippen molar-refractivity contribution in [3.63, 3.8) is 0 Å². The zero-order chi connectivity index (χ0) is 19.6. The van der Waals surface area contributed by atoms with Gasteiger partial charge >= 0.3 is 0 Å². The number of nitrogens with zero attached hydrogens (tertiary/aromatic N) is 1. The molecule has 140 valence electrons. The first kappa shape index (κ1) is 18.9. The molecule has 1 amide bonds. The number of amides is 1. The molecule has 0 bridgehead atoms. The first-order chi connectivity index (χ1) is 13.0. The minimum Gasteiger partial charge on any atom is -0.507 e. The lowest BCUT2D eigenvalue weighted by Crippen LogP contribution is -2.32. The molecule has 1 saturated heterocycles. The second kappa shape index (κ2) is 7.82. The van der Waals surface area contributed by atoms with Gasteiger partial charge in [0.05, 0.1) is 25.3 Å². The van der Waals surface area contributed by atoms with Gasteiger partial charge in [0.15, 0.2) is 0 Å². The van der Waals surface area contributed by atoms with E-state index >= 15 is 0 Å². The number of hydrogen-bond acceptors (Lipinski definition) is 5. The van der Waals surface area contributed by atoms with E-state index in [1.165, 1.54) is 12.0 Å². The van der Waals surface area contributed by atoms with E-state index in [0.717, 1.165) is 0 Å². The monoisotopic (exact) mass is 387 g/mol. The molecule has 7 heteroatoms. The van der Waals surface area contributed by atoms with E-state index in [-0.39, 0.29) is 24.5 Å². The number of aliphatic hydroxyl groups excluding tert-OH is 2. The minimum absolute atomic E-state index is 0.0509. The van der Waals surface area contributed by atoms with Crippen LogP contribution in [0.2, 0.25) is 5.02 Å². The smallest absolute Gasteiger partial charge is 0.295 e. The zero-order valence-electron chi connectivity index (χ0n) is 14.6. The number of methoxy groups -OCH3 is 1. The third-order valence-electron chi connectivity index (χ3n) is 4.43. The number of Topliss-reactive ketones (excluding diaryl/α,β-unsaturated/α-hetero) is 1. The van der Waals surface area contributed by atoms with E-state index < -0.39 is 17.7 Å². The number of ketones is 1. The number of ether oxygens (including phenoxy) is 1. The predicted octanol–water partition coefficient (Wildman–Crippen LogP) is 2.76. The van der Waals surface area contributed by atoms with Gasteiger partial charge in [0, 0.05) is 22.7 Å². The van der Waals surface area contributed by atoms with Gasteiger partial charge in [-0.3, -0.25) is 9.59 Å². The number of benzene rings is 2. The molecule has 2 aromatic carbocycles. The van der Waals surface area contributed by atoms with Crippen LogP contribution in [0.15, 0.2) is 54.1 Å². The van der Waals surface area contributed by atoms with Crippen molar-refractivity contribution < 1.29 is 24.5 Å². The van der Waals surface area contributed by atoms with Crippen molar-refractivity contribution in [1.29, 1.82) is 0 Å². The fourth-order valence-corrected chi connectivity index (χ4v) is 3.32. The second-order valence-corrected chi connectivity index (χ2v) is 6.40. The van der Waals surface area contributed by atoms with Crippen molar-refractivity contribution in [2.75, 3.05) is 20.3 Å². The number of rotatable bonds is 5. The molecule has 1 unspecified atom stereocenters. The SMILES string of the molecule is COc1ccccc1C1C(=C(O)c2ccc(Cl)cc2)C(=O)C(=O)N1CCO. The van der Waals surface area contributed by atoms with Crippen molar-refractivity contribution in [3.05, 3.63) is 70.3 Å². The van der Waals surface area contributed by atoms with E-state index in [2.05, 4.69) is 0 Å². The molecular weight excluding hydrogens is 370 g/mol. The quantitative estimate of drug-likeness (QED) is 0.468. The van der Waals surface area contributed by atoms with E-state index in [1.807, 2.05) is 0 Å². The van der Waals surface area contributed by atoms with Crippen molar-refractivity contribution in [2.45, 2.75) is 6.04 Å². The summed E-state index contributed by atoms with van der Waals surface area (Å²) in [4.78, 5) is 26.5. The summed E-state index contributed by atoms with van der Waals surface area (Å²) in [6.07, 6.45) is 0. The first-order valence-electron chi connectivity index (χ1n) is 8.27. The summed E-state index contributed by atoms with van der Waals surface area (Å²) in [5, 5.41) is 20.7. The number of halogens is 1. The number of carbonyl (C=O) groups is 2. The summed E-state index contributed by atoms with van der Waals surface area (Å²) in [5.74, 6) is -1.43. The van der Waals surface area contributed by atoms with Gasteiger partial charge in [-0.05, 0) is 30.3 Å². The first-order valence-corrected chi connectivity index (χ1v) is 8.65. The summed E-state index contributed by atoms with van der Waals surface area (Å²) < 4.78 is 5.37. The Morgan fingerprint density at radius 2 is 1.81 bits per heavy atom. The van der Waals surface area contributed by atoms with Gasteiger partial charge in [-0.15, -0.1) is 0 Å². The van der Waals surface area contributed by atoms with Gasteiger partial charge < -0.3 is 19.8 Å². The van der Waals surface area contributed by atoms with Crippen LogP contribution in [0.5, 0.6) is 5.75 Å². The third-order valence-corrected chi connectivity index (χ3v) is 4.68. The number of hydrogen-bond donors (Lipinski definition) is 2. The average Bonchev–Trinajstić information content (AvgIpc) is 2.93. The predicted molar refractivity (Wildman–Crippen MR) is 101 cm³/mol. The van der Waals surface area contributed by atoms with E-state index in [4.69, 9.17) is 16.3 Å². The molecule has 2 aromatic rings. The number of β-amino-alcohol motifs (C(OH)–C–C–N with tert-alkyl or cyclic N) is 1. The fourth-order valence-electron chi connectivity index (χ4n) is 3.20. The van der Waals surface area contributed by atoms with Crippen LogP contribution < -0.4 is 4.74 Å². The van der Waals surface area contributed by atoms with Crippen LogP contribution in [0.3, 0.4) is 0 Å². The molecule has 2 N–H and O–H groups in total. The highest BCUT2D eigenvalue weighted by Crippen LogP contribution is 2.42. The standard InChI is InChI=1S/C20H18ClNO5/c1-27-15-5-3-2-4-14(15)17-16(19(25)20(26)22(17)10-11-23)18(24)12-6-8-13(21)9-7-12/h2-9,17,23-24H,10-11H2,1H3. The van der Waals surface area contributed by atoms with Crippen LogP contribution in [0.25, 0.3) is 5.76 Å². The Balaban J connectivity index is 2.22. The summed E-state index contributed by atoms with van der Waals surface area (Å²) in [5.41, 5.74) is 0.852. The van der Waals surface area contributed by atoms with Crippen LogP contribution in [0.1, 0.15) is 17.2 Å². The van der Waals surface area contributed by atoms with Crippen LogP contribution in [-0.4, -0.2) is 47.1 Å². The highest BCUT2D eigenvalue weighted by Gasteiger charge is 2.46. The Morgan fingerprint density at radius 3 is 2.44 bits per heavy atom. The van der Waals surface area contributed by atoms with Gasteiger partial charge in [-0.25, -0.2) is 0 Å². The number of aliphatic hydroxyl groups is 2. The average molecular weight is 388 g/mol. The summed E-state index contributed by atoms with van der Waals surface area (Å²) in [7, 11) is 1.48. The van der Waals surface area contributed by atoms with E-state index in [9.17, 15) is 19.8 Å². The molecule has 0 saturated carbocycles. The molecule has 1 heterocycles. The molecule has 0 aromatic heterocycles. The number of para-hydroxylation sites is 1. The Kier molecular flexibility index (Phi) is 5.48. The van der Waals surface area contributed by atoms with Crippen molar-refractivity contribution in [2.24, 2.45) is 0 Å². The minimum atomic E-state index is -0.871. The summed E-state index contributed by atoms with van der Waals surface area (Å²) >= 11 is 5.89. The lowest BCUT2D eigenvalue weighted by molar-refractivity contribution is -0.140. The maximum Gasteiger partial charge on any atom is 0.295 e. The van der Waals surface area contributed by atoms with E-state index in [1.54, 1.807) is 48.5 Å². The number of carbonyl (C=O) groups excluding carboxylic acids is 2. The molecular formula is C20H18ClNO5. The summed E-state index contributed by atoms with van der Waals surface area (Å²) in [6.45, 7) is -0.371. The molecule has 27 heavy (non-hydrogen) atoms. The normalized spacial score (nSPS) is 18.8. The molecule has 0 spiro atoms. The highest BCUT2D eigenvalue weighted by atomic mass is 35.5. The van der Waals surface area contributed by atoms with Crippen LogP contribution in [0, 0.1) is 0 Å². The van der Waals surface area contributed by atoms with Gasteiger partial charge in [0.1, 0.15) is 11.5 Å². The van der Waals surface area contributed by atoms with Crippen molar-refractivity contribution in [1.82, 2.24) is 4.90 Å². The summed E-state index contributed by atoms with van der Waals surface area (Å²) in [6, 6.07) is 12.4. The van der Waals surface area contributed by atoms with Gasteiger partial charge in [-0.1, -0.05) is 29.8 Å². The Hall–Kier alpha value is -2.83. The topological polar surface area (TPSA) is 87.1 Å². The molecule has 6 nitrogen and oxygen atoms in total. The fraction of sp³-hybridized carbons (Fsp3) is 0.200. The largest absolute Gasteiger partial charge is 0.507 e. The zero-order valence-corrected chi connectivity index (χ0v) is 15.3. The molecule has 1 aliphatic heterocycles. The molecule has 0 aliphatic carbocycles. The lowest BCUT2D eigenvalue weighted by Gasteiger charge is -2.25. The maximum atomic E-state index is 12.7. The van der Waals surface area contributed by atoms with Crippen LogP contribution in [-0.2, 0) is 9.59 Å². The van der Waals surface area contributed by atoms with Gasteiger partial charge in [-0.2, -0.15) is 0 Å². The Labute approximate surface area is 161 Å². The molecule has 1 atom stereocenters. The van der Waals surface area contributed by atoms with Crippen molar-refractivity contribution >= 4 is 29.1 Å². The molecule has 3 rings (SSSR count). The second-order valence-electron chi connectivity index (χ2n) is 5.96. The van der Waals surface area contributed by atoms with Gasteiger partial charge in [0.25, 0.3) is 11.7 Å². The van der Waals surface area contributed by atoms with Crippen molar-refractivity contribution in [3.8, 4) is 5.75 Å². The van der Waals surface area contributed by atoms with Gasteiger partial charge in [0.2, 0.25) is 0 Å². The van der Waals surface area contributed by atoms with E-state index in [0.29, 0.717) is 21.9 Å². The molecule has 1 aliphatic rings. The Morgan fingerprint density at radius 1 is 1.15 bits per heavy atom. The highest BCUT2D eigenvalue weighted by molar-refractivity contribution is 6.46. The lowest BCUT2D eigenvalue weighted by atomic mass is 9.94. The molecule has 1 fully saturated rings. The van der Waals surface area contributed by atoms with Crippen LogP contribution >= 0.6 is 11.6 Å². The third kappa shape index (κ3) is 3.41.